The van der Waals surface area contributed by atoms with Gasteiger partial charge in [-0.3, -0.25) is 4.79 Å². The minimum atomic E-state index is -0.0746. The molecular formula is C27H36N2O2. The van der Waals surface area contributed by atoms with Crippen molar-refractivity contribution in [1.29, 1.82) is 0 Å². The van der Waals surface area contributed by atoms with E-state index < -0.39 is 0 Å². The molecule has 2 aliphatic rings. The van der Waals surface area contributed by atoms with Gasteiger partial charge in [0, 0.05) is 24.5 Å². The summed E-state index contributed by atoms with van der Waals surface area (Å²) in [5.41, 5.74) is 3.28. The van der Waals surface area contributed by atoms with Gasteiger partial charge in [-0.25, -0.2) is 0 Å². The molecule has 4 atom stereocenters. The summed E-state index contributed by atoms with van der Waals surface area (Å²) in [7, 11) is 2.18. The van der Waals surface area contributed by atoms with Crippen molar-refractivity contribution in [2.24, 2.45) is 17.8 Å². The second-order valence-corrected chi connectivity index (χ2v) is 10.0. The van der Waals surface area contributed by atoms with Crippen LogP contribution < -0.4 is 5.32 Å². The number of rotatable bonds is 9. The largest absolute Gasteiger partial charge is 0.508 e. The van der Waals surface area contributed by atoms with E-state index in [2.05, 4.69) is 61.4 Å². The topological polar surface area (TPSA) is 52.6 Å². The lowest BCUT2D eigenvalue weighted by molar-refractivity contribution is -0.123. The number of hydrogen-bond donors (Lipinski definition) is 2. The van der Waals surface area contributed by atoms with E-state index in [-0.39, 0.29) is 23.3 Å². The zero-order chi connectivity index (χ0) is 22.2. The van der Waals surface area contributed by atoms with Crippen LogP contribution in [0.3, 0.4) is 0 Å². The predicted molar refractivity (Wildman–Crippen MR) is 125 cm³/mol. The summed E-state index contributed by atoms with van der Waals surface area (Å²) < 4.78 is 0. The zero-order valence-electron chi connectivity index (χ0n) is 19.3. The Morgan fingerprint density at radius 1 is 1.23 bits per heavy atom. The van der Waals surface area contributed by atoms with Crippen LogP contribution in [0, 0.1) is 24.7 Å². The van der Waals surface area contributed by atoms with E-state index in [4.69, 9.17) is 0 Å². The van der Waals surface area contributed by atoms with Crippen LogP contribution in [0.25, 0.3) is 0 Å². The lowest BCUT2D eigenvalue weighted by atomic mass is 9.94. The highest BCUT2D eigenvalue weighted by Crippen LogP contribution is 2.59. The van der Waals surface area contributed by atoms with Gasteiger partial charge in [-0.05, 0) is 67.8 Å². The molecule has 0 spiro atoms. The summed E-state index contributed by atoms with van der Waals surface area (Å²) in [5, 5.41) is 13.1. The Bertz CT molecular complexity index is 924. The lowest BCUT2D eigenvalue weighted by Gasteiger charge is -2.29. The average molecular weight is 421 g/mol. The molecule has 2 aliphatic carbocycles. The van der Waals surface area contributed by atoms with Crippen LogP contribution in [0.1, 0.15) is 43.4 Å². The highest BCUT2D eigenvalue weighted by Gasteiger charge is 2.62. The number of benzene rings is 2. The van der Waals surface area contributed by atoms with Crippen LogP contribution in [0.4, 0.5) is 0 Å². The standard InChI is InChI=1S/C27H36N2O2/c1-18-14-21(12-13-24(18)30)15-23(29(4)17-20-10-11-20)16-28-26(31)25-19(2)27(25,3)22-8-6-5-7-9-22/h5-9,12-14,19-20,23,25,30H,10-11,15-17H2,1-4H3,(H,28,31)/t19?,23-,25?,27+/m0/s1. The molecule has 0 bridgehead atoms. The smallest absolute Gasteiger partial charge is 0.224 e. The van der Waals surface area contributed by atoms with Crippen LogP contribution >= 0.6 is 0 Å². The van der Waals surface area contributed by atoms with Crippen molar-refractivity contribution in [3.8, 4) is 5.75 Å². The van der Waals surface area contributed by atoms with Gasteiger partial charge < -0.3 is 15.3 Å². The van der Waals surface area contributed by atoms with E-state index in [1.807, 2.05) is 19.1 Å². The Morgan fingerprint density at radius 3 is 2.58 bits per heavy atom. The first-order valence-electron chi connectivity index (χ1n) is 11.6. The van der Waals surface area contributed by atoms with Crippen molar-refractivity contribution >= 4 is 5.91 Å². The fourth-order valence-corrected chi connectivity index (χ4v) is 5.15. The Morgan fingerprint density at radius 2 is 1.94 bits per heavy atom. The zero-order valence-corrected chi connectivity index (χ0v) is 19.3. The molecule has 166 valence electrons. The quantitative estimate of drug-likeness (QED) is 0.636. The SMILES string of the molecule is Cc1cc(C[C@@H](CNC(=O)C2C(C)[C@]2(C)c2ccccc2)N(C)CC2CC2)ccc1O. The van der Waals surface area contributed by atoms with Crippen molar-refractivity contribution in [3.05, 3.63) is 65.2 Å². The first-order chi connectivity index (χ1) is 14.8. The summed E-state index contributed by atoms with van der Waals surface area (Å²) in [4.78, 5) is 15.6. The molecule has 31 heavy (non-hydrogen) atoms. The monoisotopic (exact) mass is 420 g/mol. The van der Waals surface area contributed by atoms with Gasteiger partial charge in [-0.1, -0.05) is 56.3 Å². The molecule has 4 rings (SSSR count). The minimum absolute atomic E-state index is 0.0280. The highest BCUT2D eigenvalue weighted by atomic mass is 16.3. The maximum Gasteiger partial charge on any atom is 0.224 e. The number of amides is 1. The van der Waals surface area contributed by atoms with E-state index in [1.54, 1.807) is 6.07 Å². The molecule has 2 saturated carbocycles. The second-order valence-electron chi connectivity index (χ2n) is 10.0. The molecule has 0 aliphatic heterocycles. The molecule has 2 unspecified atom stereocenters. The van der Waals surface area contributed by atoms with E-state index in [0.29, 0.717) is 18.2 Å². The first kappa shape index (κ1) is 21.9. The Balaban J connectivity index is 1.42. The highest BCUT2D eigenvalue weighted by molar-refractivity contribution is 5.85. The van der Waals surface area contributed by atoms with Gasteiger partial charge in [0.15, 0.2) is 0 Å². The van der Waals surface area contributed by atoms with Crippen molar-refractivity contribution in [2.45, 2.75) is 51.5 Å². The summed E-state index contributed by atoms with van der Waals surface area (Å²) in [6.07, 6.45) is 3.49. The van der Waals surface area contributed by atoms with E-state index in [1.165, 1.54) is 24.0 Å². The fourth-order valence-electron chi connectivity index (χ4n) is 5.15. The number of aromatic hydroxyl groups is 1. The van der Waals surface area contributed by atoms with Crippen LogP contribution in [0.15, 0.2) is 48.5 Å². The molecule has 1 amide bonds. The molecule has 0 radical (unpaired) electrons. The molecular weight excluding hydrogens is 384 g/mol. The minimum Gasteiger partial charge on any atom is -0.508 e. The first-order valence-corrected chi connectivity index (χ1v) is 11.6. The number of phenolic OH excluding ortho intramolecular Hbond substituents is 1. The normalized spacial score (nSPS) is 26.0. The Kier molecular flexibility index (Phi) is 6.11. The van der Waals surface area contributed by atoms with Crippen LogP contribution in [-0.4, -0.2) is 42.1 Å². The molecule has 0 heterocycles. The summed E-state index contributed by atoms with van der Waals surface area (Å²) >= 11 is 0. The number of hydrogen-bond acceptors (Lipinski definition) is 3. The molecule has 2 aromatic carbocycles. The number of phenols is 1. The van der Waals surface area contributed by atoms with Crippen LogP contribution in [-0.2, 0) is 16.6 Å². The molecule has 2 fully saturated rings. The van der Waals surface area contributed by atoms with Gasteiger partial charge in [0.05, 0.1) is 5.92 Å². The summed E-state index contributed by atoms with van der Waals surface area (Å²) in [6.45, 7) is 8.07. The number of nitrogens with one attached hydrogen (secondary N) is 1. The third-order valence-corrected chi connectivity index (χ3v) is 7.77. The fraction of sp³-hybridized carbons (Fsp3) is 0.519. The lowest BCUT2D eigenvalue weighted by Crippen LogP contribution is -2.45. The second kappa shape index (κ2) is 8.66. The maximum absolute atomic E-state index is 13.2. The van der Waals surface area contributed by atoms with E-state index >= 15 is 0 Å². The van der Waals surface area contributed by atoms with Crippen molar-refractivity contribution < 1.29 is 9.90 Å². The third kappa shape index (κ3) is 4.64. The molecule has 0 saturated heterocycles. The number of likely N-dealkylation sites (N-methyl/N-ethyl adjacent to an activating group) is 1. The van der Waals surface area contributed by atoms with Crippen molar-refractivity contribution in [1.82, 2.24) is 10.2 Å². The predicted octanol–water partition coefficient (Wildman–Crippen LogP) is 4.29. The van der Waals surface area contributed by atoms with Gasteiger partial charge in [-0.2, -0.15) is 0 Å². The molecule has 4 heteroatoms. The number of carbonyl (C=O) groups is 1. The van der Waals surface area contributed by atoms with Gasteiger partial charge in [0.25, 0.3) is 0 Å². The number of nitrogens with zero attached hydrogens (tertiary/aromatic N) is 1. The summed E-state index contributed by atoms with van der Waals surface area (Å²) in [5.74, 6) is 1.68. The van der Waals surface area contributed by atoms with Crippen LogP contribution in [0.2, 0.25) is 0 Å². The Labute approximate surface area is 186 Å². The van der Waals surface area contributed by atoms with Gasteiger partial charge >= 0.3 is 0 Å². The van der Waals surface area contributed by atoms with E-state index in [0.717, 1.165) is 24.4 Å². The third-order valence-electron chi connectivity index (χ3n) is 7.77. The van der Waals surface area contributed by atoms with Crippen molar-refractivity contribution in [3.63, 3.8) is 0 Å². The van der Waals surface area contributed by atoms with Gasteiger partial charge in [0.2, 0.25) is 5.91 Å². The molecule has 2 N–H and O–H groups in total. The number of aryl methyl sites for hydroxylation is 1. The maximum atomic E-state index is 13.2. The van der Waals surface area contributed by atoms with Crippen molar-refractivity contribution in [2.75, 3.05) is 20.1 Å². The van der Waals surface area contributed by atoms with Gasteiger partial charge in [-0.15, -0.1) is 0 Å². The molecule has 0 aromatic heterocycles. The van der Waals surface area contributed by atoms with E-state index in [9.17, 15) is 9.90 Å². The average Bonchev–Trinajstić information content (AvgIpc) is 3.67. The molecule has 2 aromatic rings. The van der Waals surface area contributed by atoms with Gasteiger partial charge in [0.1, 0.15) is 5.75 Å². The molecule has 4 nitrogen and oxygen atoms in total. The number of carbonyl (C=O) groups excluding carboxylic acids is 1. The summed E-state index contributed by atoms with van der Waals surface area (Å²) in [6, 6.07) is 16.5. The Hall–Kier alpha value is -2.33. The van der Waals surface area contributed by atoms with Crippen LogP contribution in [0.5, 0.6) is 5.75 Å².